The van der Waals surface area contributed by atoms with E-state index >= 15 is 0 Å². The second kappa shape index (κ2) is 7.31. The summed E-state index contributed by atoms with van der Waals surface area (Å²) in [5, 5.41) is 14.1. The smallest absolute Gasteiger partial charge is 0.254 e. The molecule has 0 unspecified atom stereocenters. The van der Waals surface area contributed by atoms with Crippen LogP contribution in [0.25, 0.3) is 11.5 Å². The van der Waals surface area contributed by atoms with Crippen LogP contribution < -0.4 is 4.74 Å². The van der Waals surface area contributed by atoms with Crippen molar-refractivity contribution in [2.75, 3.05) is 19.9 Å². The van der Waals surface area contributed by atoms with Crippen LogP contribution in [0.2, 0.25) is 0 Å². The van der Waals surface area contributed by atoms with Gasteiger partial charge in [0.1, 0.15) is 11.4 Å². The fourth-order valence-corrected chi connectivity index (χ4v) is 4.07. The highest BCUT2D eigenvalue weighted by Gasteiger charge is 2.29. The molecule has 1 aliphatic heterocycles. The number of fused-ring (bicyclic) bond motifs is 1. The van der Waals surface area contributed by atoms with Gasteiger partial charge in [-0.1, -0.05) is 17.8 Å². The van der Waals surface area contributed by atoms with Crippen molar-refractivity contribution >= 4 is 17.7 Å². The van der Waals surface area contributed by atoms with Gasteiger partial charge in [-0.25, -0.2) is 0 Å². The van der Waals surface area contributed by atoms with Gasteiger partial charge in [-0.05, 0) is 24.5 Å². The molecule has 0 aliphatic carbocycles. The minimum absolute atomic E-state index is 0.0119. The molecular weight excluding hydrogens is 376 g/mol. The van der Waals surface area contributed by atoms with E-state index in [4.69, 9.17) is 9.84 Å². The minimum atomic E-state index is -0.0119. The van der Waals surface area contributed by atoms with Gasteiger partial charge in [-0.15, -0.1) is 10.2 Å². The van der Waals surface area contributed by atoms with Crippen LogP contribution in [0.3, 0.4) is 0 Å². The fourth-order valence-electron chi connectivity index (χ4n) is 3.58. The summed E-state index contributed by atoms with van der Waals surface area (Å²) in [7, 11) is 5.47. The number of hydrogen-bond donors (Lipinski definition) is 0. The predicted octanol–water partition coefficient (Wildman–Crippen LogP) is 2.14. The molecule has 3 aromatic rings. The molecule has 1 aliphatic rings. The van der Waals surface area contributed by atoms with Crippen LogP contribution >= 0.6 is 11.8 Å². The lowest BCUT2D eigenvalue weighted by Gasteiger charge is -2.27. The van der Waals surface area contributed by atoms with E-state index in [1.165, 1.54) is 11.8 Å². The van der Waals surface area contributed by atoms with Gasteiger partial charge in [0.15, 0.2) is 11.0 Å². The zero-order chi connectivity index (χ0) is 19.8. The number of rotatable bonds is 4. The first-order valence-corrected chi connectivity index (χ1v) is 10.2. The number of hydrogen-bond acceptors (Lipinski definition) is 6. The maximum Gasteiger partial charge on any atom is 0.254 e. The molecule has 28 heavy (non-hydrogen) atoms. The van der Waals surface area contributed by atoms with Crippen molar-refractivity contribution in [2.24, 2.45) is 14.1 Å². The van der Waals surface area contributed by atoms with Gasteiger partial charge in [0.2, 0.25) is 0 Å². The van der Waals surface area contributed by atoms with Gasteiger partial charge >= 0.3 is 0 Å². The van der Waals surface area contributed by atoms with Crippen LogP contribution in [0.4, 0.5) is 0 Å². The summed E-state index contributed by atoms with van der Waals surface area (Å²) >= 11 is 1.54. The van der Waals surface area contributed by atoms with E-state index in [9.17, 15) is 4.79 Å². The fraction of sp³-hybridized carbons (Fsp3) is 0.368. The number of aromatic nitrogens is 5. The second-order valence-electron chi connectivity index (χ2n) is 6.68. The zero-order valence-electron chi connectivity index (χ0n) is 16.3. The van der Waals surface area contributed by atoms with Crippen molar-refractivity contribution in [3.63, 3.8) is 0 Å². The Morgan fingerprint density at radius 2 is 2.07 bits per heavy atom. The highest BCUT2D eigenvalue weighted by Crippen LogP contribution is 2.30. The molecule has 8 nitrogen and oxygen atoms in total. The molecule has 0 N–H and O–H groups in total. The van der Waals surface area contributed by atoms with E-state index in [0.29, 0.717) is 24.4 Å². The molecule has 1 amide bonds. The third kappa shape index (κ3) is 3.05. The SMILES string of the molecule is COc1cccc(C(=O)N2CCc3c(c(-c4nnc(SC)n4C)nn3C)C2)c1. The van der Waals surface area contributed by atoms with Crippen molar-refractivity contribution in [1.82, 2.24) is 29.4 Å². The number of aryl methyl sites for hydroxylation is 1. The van der Waals surface area contributed by atoms with Crippen molar-refractivity contribution in [1.29, 1.82) is 0 Å². The monoisotopic (exact) mass is 398 g/mol. The molecule has 0 saturated heterocycles. The normalized spacial score (nSPS) is 13.5. The summed E-state index contributed by atoms with van der Waals surface area (Å²) in [5.74, 6) is 1.38. The molecule has 0 atom stereocenters. The first-order valence-electron chi connectivity index (χ1n) is 8.95. The van der Waals surface area contributed by atoms with E-state index < -0.39 is 0 Å². The van der Waals surface area contributed by atoms with Gasteiger partial charge in [0.05, 0.1) is 13.7 Å². The summed E-state index contributed by atoms with van der Waals surface area (Å²) in [4.78, 5) is 14.9. The van der Waals surface area contributed by atoms with Crippen LogP contribution in [0.1, 0.15) is 21.6 Å². The Balaban J connectivity index is 1.68. The first kappa shape index (κ1) is 18.5. The first-order chi connectivity index (χ1) is 13.5. The van der Waals surface area contributed by atoms with Gasteiger partial charge in [0, 0.05) is 43.9 Å². The molecule has 0 spiro atoms. The van der Waals surface area contributed by atoms with Crippen molar-refractivity contribution < 1.29 is 9.53 Å². The third-order valence-electron chi connectivity index (χ3n) is 5.08. The average molecular weight is 398 g/mol. The summed E-state index contributed by atoms with van der Waals surface area (Å²) < 4.78 is 9.09. The summed E-state index contributed by atoms with van der Waals surface area (Å²) in [6.45, 7) is 1.15. The lowest BCUT2D eigenvalue weighted by atomic mass is 10.0. The maximum absolute atomic E-state index is 13.1. The Morgan fingerprint density at radius 3 is 2.79 bits per heavy atom. The van der Waals surface area contributed by atoms with E-state index in [1.807, 2.05) is 52.7 Å². The quantitative estimate of drug-likeness (QED) is 0.627. The number of methoxy groups -OCH3 is 1. The number of thioether (sulfide) groups is 1. The molecule has 1 aromatic carbocycles. The van der Waals surface area contributed by atoms with Crippen LogP contribution in [0, 0.1) is 0 Å². The highest BCUT2D eigenvalue weighted by atomic mass is 32.2. The maximum atomic E-state index is 13.1. The number of carbonyl (C=O) groups is 1. The van der Waals surface area contributed by atoms with E-state index in [2.05, 4.69) is 10.2 Å². The van der Waals surface area contributed by atoms with Gasteiger partial charge < -0.3 is 14.2 Å². The van der Waals surface area contributed by atoms with E-state index in [1.54, 1.807) is 13.2 Å². The Bertz CT molecular complexity index is 1040. The number of nitrogens with zero attached hydrogens (tertiary/aromatic N) is 6. The Hall–Kier alpha value is -2.81. The molecule has 0 bridgehead atoms. The highest BCUT2D eigenvalue weighted by molar-refractivity contribution is 7.98. The van der Waals surface area contributed by atoms with Gasteiger partial charge in [-0.3, -0.25) is 9.48 Å². The average Bonchev–Trinajstić information content (AvgIpc) is 3.26. The largest absolute Gasteiger partial charge is 0.497 e. The molecular formula is C19H22N6O2S. The second-order valence-corrected chi connectivity index (χ2v) is 7.45. The molecule has 3 heterocycles. The van der Waals surface area contributed by atoms with Crippen LogP contribution in [0.5, 0.6) is 5.75 Å². The van der Waals surface area contributed by atoms with Crippen molar-refractivity contribution in [3.8, 4) is 17.3 Å². The third-order valence-corrected chi connectivity index (χ3v) is 5.80. The molecule has 146 valence electrons. The number of benzene rings is 1. The van der Waals surface area contributed by atoms with Gasteiger partial charge in [-0.2, -0.15) is 5.10 Å². The van der Waals surface area contributed by atoms with E-state index in [-0.39, 0.29) is 5.91 Å². The predicted molar refractivity (Wildman–Crippen MR) is 106 cm³/mol. The molecule has 0 saturated carbocycles. The van der Waals surface area contributed by atoms with Crippen molar-refractivity contribution in [2.45, 2.75) is 18.1 Å². The standard InChI is InChI=1S/C19H22N6O2S/c1-23-17(20-21-19(23)28-4)16-14-11-25(9-8-15(14)24(2)22-16)18(26)12-6-5-7-13(10-12)27-3/h5-7,10H,8-9,11H2,1-4H3. The minimum Gasteiger partial charge on any atom is -0.497 e. The van der Waals surface area contributed by atoms with Crippen LogP contribution in [-0.4, -0.2) is 55.3 Å². The lowest BCUT2D eigenvalue weighted by molar-refractivity contribution is 0.0733. The van der Waals surface area contributed by atoms with Crippen LogP contribution in [0.15, 0.2) is 29.4 Å². The molecule has 0 fully saturated rings. The molecule has 2 aromatic heterocycles. The molecule has 9 heteroatoms. The summed E-state index contributed by atoms with van der Waals surface area (Å²) in [6, 6.07) is 7.26. The summed E-state index contributed by atoms with van der Waals surface area (Å²) in [6.07, 6.45) is 2.72. The number of carbonyl (C=O) groups excluding carboxylic acids is 1. The lowest BCUT2D eigenvalue weighted by Crippen LogP contribution is -2.36. The Labute approximate surface area is 167 Å². The topological polar surface area (TPSA) is 78.1 Å². The van der Waals surface area contributed by atoms with Crippen molar-refractivity contribution in [3.05, 3.63) is 41.1 Å². The van der Waals surface area contributed by atoms with Crippen LogP contribution in [-0.2, 0) is 27.1 Å². The molecule has 4 rings (SSSR count). The zero-order valence-corrected chi connectivity index (χ0v) is 17.2. The number of amides is 1. The Kier molecular flexibility index (Phi) is 4.84. The number of ether oxygens (including phenoxy) is 1. The summed E-state index contributed by atoms with van der Waals surface area (Å²) in [5.41, 5.74) is 3.58. The van der Waals surface area contributed by atoms with Gasteiger partial charge in [0.25, 0.3) is 5.91 Å². The Morgan fingerprint density at radius 1 is 1.25 bits per heavy atom. The molecule has 0 radical (unpaired) electrons. The van der Waals surface area contributed by atoms with E-state index in [0.717, 1.165) is 34.4 Å².